The third kappa shape index (κ3) is 3.90. The maximum Gasteiger partial charge on any atom is 0.257 e. The lowest BCUT2D eigenvalue weighted by Crippen LogP contribution is -2.11. The van der Waals surface area contributed by atoms with Crippen LogP contribution in [0.25, 0.3) is 5.69 Å². The number of rotatable bonds is 6. The van der Waals surface area contributed by atoms with Crippen molar-refractivity contribution in [2.24, 2.45) is 0 Å². The smallest absolute Gasteiger partial charge is 0.257 e. The van der Waals surface area contributed by atoms with Gasteiger partial charge in [0.2, 0.25) is 5.13 Å². The van der Waals surface area contributed by atoms with Crippen molar-refractivity contribution in [3.63, 3.8) is 0 Å². The van der Waals surface area contributed by atoms with Gasteiger partial charge in [-0.15, -0.1) is 15.3 Å². The maximum atomic E-state index is 12.2. The lowest BCUT2D eigenvalue weighted by atomic mass is 10.2. The van der Waals surface area contributed by atoms with Crippen molar-refractivity contribution in [1.82, 2.24) is 30.4 Å². The zero-order chi connectivity index (χ0) is 16.1. The predicted molar refractivity (Wildman–Crippen MR) is 88.0 cm³/mol. The van der Waals surface area contributed by atoms with E-state index >= 15 is 0 Å². The highest BCUT2D eigenvalue weighted by molar-refractivity contribution is 8.01. The maximum absolute atomic E-state index is 12.2. The fourth-order valence-electron chi connectivity index (χ4n) is 1.72. The van der Waals surface area contributed by atoms with E-state index in [-0.39, 0.29) is 5.91 Å². The summed E-state index contributed by atoms with van der Waals surface area (Å²) in [5.74, 6) is 0.762. The number of nitrogens with zero attached hydrogens (tertiary/aromatic N) is 6. The molecule has 23 heavy (non-hydrogen) atoms. The Morgan fingerprint density at radius 3 is 2.83 bits per heavy atom. The van der Waals surface area contributed by atoms with E-state index in [4.69, 9.17) is 0 Å². The molecule has 0 saturated heterocycles. The molecular formula is C13H13N7OS2. The molecule has 0 atom stereocenters. The highest BCUT2D eigenvalue weighted by Crippen LogP contribution is 2.26. The van der Waals surface area contributed by atoms with Gasteiger partial charge in [0.05, 0.1) is 5.69 Å². The quantitative estimate of drug-likeness (QED) is 0.539. The van der Waals surface area contributed by atoms with Gasteiger partial charge in [0, 0.05) is 11.3 Å². The van der Waals surface area contributed by atoms with Crippen molar-refractivity contribution in [2.45, 2.75) is 17.7 Å². The van der Waals surface area contributed by atoms with Crippen molar-refractivity contribution in [2.75, 3.05) is 11.1 Å². The van der Waals surface area contributed by atoms with Crippen LogP contribution in [-0.2, 0) is 0 Å². The average Bonchev–Trinajstić information content (AvgIpc) is 3.25. The minimum atomic E-state index is -0.226. The van der Waals surface area contributed by atoms with Gasteiger partial charge < -0.3 is 0 Å². The first-order valence-corrected chi connectivity index (χ1v) is 8.67. The van der Waals surface area contributed by atoms with Crippen LogP contribution in [0.2, 0.25) is 0 Å². The Labute approximate surface area is 140 Å². The average molecular weight is 347 g/mol. The number of nitrogens with one attached hydrogen (secondary N) is 1. The molecule has 0 spiro atoms. The van der Waals surface area contributed by atoms with E-state index in [9.17, 15) is 4.79 Å². The third-order valence-electron chi connectivity index (χ3n) is 2.80. The van der Waals surface area contributed by atoms with E-state index in [2.05, 4.69) is 38.0 Å². The fourth-order valence-corrected chi connectivity index (χ4v) is 3.39. The van der Waals surface area contributed by atoms with Crippen LogP contribution in [0.4, 0.5) is 5.13 Å². The number of tetrazole rings is 1. The van der Waals surface area contributed by atoms with E-state index in [1.54, 1.807) is 36.0 Å². The van der Waals surface area contributed by atoms with Crippen LogP contribution in [0.15, 0.2) is 34.9 Å². The summed E-state index contributed by atoms with van der Waals surface area (Å²) in [4.78, 5) is 12.2. The SMILES string of the molecule is CCCSc1nnc(NC(=O)c2ccc(-n3cnnn3)cc2)s1. The van der Waals surface area contributed by atoms with Crippen molar-refractivity contribution < 1.29 is 4.79 Å². The van der Waals surface area contributed by atoms with E-state index < -0.39 is 0 Å². The lowest BCUT2D eigenvalue weighted by Gasteiger charge is -2.03. The second-order valence-electron chi connectivity index (χ2n) is 4.48. The minimum absolute atomic E-state index is 0.226. The van der Waals surface area contributed by atoms with Crippen LogP contribution < -0.4 is 5.32 Å². The summed E-state index contributed by atoms with van der Waals surface area (Å²) in [6.07, 6.45) is 2.56. The number of amides is 1. The number of benzene rings is 1. The molecule has 0 saturated carbocycles. The van der Waals surface area contributed by atoms with Gasteiger partial charge in [-0.1, -0.05) is 30.0 Å². The molecule has 3 aromatic rings. The number of thioether (sulfide) groups is 1. The molecule has 8 nitrogen and oxygen atoms in total. The Kier molecular flexibility index (Phi) is 4.93. The summed E-state index contributed by atoms with van der Waals surface area (Å²) < 4.78 is 2.38. The van der Waals surface area contributed by atoms with Crippen LogP contribution in [-0.4, -0.2) is 42.1 Å². The van der Waals surface area contributed by atoms with Crippen LogP contribution in [0.5, 0.6) is 0 Å². The predicted octanol–water partition coefficient (Wildman–Crippen LogP) is 2.27. The van der Waals surface area contributed by atoms with E-state index in [0.29, 0.717) is 10.7 Å². The minimum Gasteiger partial charge on any atom is -0.296 e. The summed E-state index contributed by atoms with van der Waals surface area (Å²) in [5, 5.41) is 22.2. The van der Waals surface area contributed by atoms with E-state index in [1.165, 1.54) is 22.3 Å². The molecule has 10 heteroatoms. The zero-order valence-electron chi connectivity index (χ0n) is 12.2. The van der Waals surface area contributed by atoms with Gasteiger partial charge in [-0.05, 0) is 41.1 Å². The highest BCUT2D eigenvalue weighted by atomic mass is 32.2. The molecule has 118 valence electrons. The van der Waals surface area contributed by atoms with Crippen molar-refractivity contribution in [3.05, 3.63) is 36.2 Å². The summed E-state index contributed by atoms with van der Waals surface area (Å²) >= 11 is 3.01. The lowest BCUT2D eigenvalue weighted by molar-refractivity contribution is 0.102. The Hall–Kier alpha value is -2.33. The first-order chi connectivity index (χ1) is 11.3. The molecule has 0 radical (unpaired) electrons. The Balaban J connectivity index is 1.65. The molecule has 1 aromatic carbocycles. The highest BCUT2D eigenvalue weighted by Gasteiger charge is 2.11. The van der Waals surface area contributed by atoms with Crippen LogP contribution in [0.3, 0.4) is 0 Å². The van der Waals surface area contributed by atoms with Gasteiger partial charge >= 0.3 is 0 Å². The first kappa shape index (κ1) is 15.6. The first-order valence-electron chi connectivity index (χ1n) is 6.87. The van der Waals surface area contributed by atoms with Crippen molar-refractivity contribution in [3.8, 4) is 5.69 Å². The van der Waals surface area contributed by atoms with Gasteiger partial charge in [-0.2, -0.15) is 0 Å². The molecule has 1 amide bonds. The molecule has 0 fully saturated rings. The topological polar surface area (TPSA) is 98.5 Å². The zero-order valence-corrected chi connectivity index (χ0v) is 13.8. The van der Waals surface area contributed by atoms with Crippen LogP contribution in [0, 0.1) is 0 Å². The number of aromatic nitrogens is 6. The van der Waals surface area contributed by atoms with Crippen LogP contribution in [0.1, 0.15) is 23.7 Å². The van der Waals surface area contributed by atoms with E-state index in [1.807, 2.05) is 0 Å². The second-order valence-corrected chi connectivity index (χ2v) is 6.80. The summed E-state index contributed by atoms with van der Waals surface area (Å²) in [6.45, 7) is 2.11. The van der Waals surface area contributed by atoms with E-state index in [0.717, 1.165) is 22.2 Å². The normalized spacial score (nSPS) is 10.7. The fraction of sp³-hybridized carbons (Fsp3) is 0.231. The van der Waals surface area contributed by atoms with Gasteiger partial charge in [0.15, 0.2) is 4.34 Å². The molecule has 1 N–H and O–H groups in total. The molecule has 0 bridgehead atoms. The number of anilines is 1. The second kappa shape index (κ2) is 7.29. The van der Waals surface area contributed by atoms with Crippen molar-refractivity contribution in [1.29, 1.82) is 0 Å². The summed E-state index contributed by atoms with van der Waals surface area (Å²) in [5.41, 5.74) is 1.31. The third-order valence-corrected chi connectivity index (χ3v) is 4.98. The number of hydrogen-bond acceptors (Lipinski definition) is 8. The number of hydrogen-bond donors (Lipinski definition) is 1. The largest absolute Gasteiger partial charge is 0.296 e. The monoisotopic (exact) mass is 347 g/mol. The molecular weight excluding hydrogens is 334 g/mol. The molecule has 0 aliphatic carbocycles. The number of carbonyl (C=O) groups is 1. The molecule has 0 aliphatic rings. The van der Waals surface area contributed by atoms with Gasteiger partial charge in [0.1, 0.15) is 6.33 Å². The van der Waals surface area contributed by atoms with Gasteiger partial charge in [-0.3, -0.25) is 10.1 Å². The Bertz CT molecular complexity index is 770. The molecule has 2 heterocycles. The Morgan fingerprint density at radius 1 is 1.30 bits per heavy atom. The summed E-state index contributed by atoms with van der Waals surface area (Å²) in [6, 6.07) is 6.96. The van der Waals surface area contributed by atoms with Gasteiger partial charge in [-0.25, -0.2) is 4.68 Å². The van der Waals surface area contributed by atoms with Crippen molar-refractivity contribution >= 4 is 34.1 Å². The standard InChI is InChI=1S/C13H13N7OS2/c1-2-7-22-13-17-16-12(23-13)15-11(21)9-3-5-10(6-4-9)20-8-14-18-19-20/h3-6,8H,2,7H2,1H3,(H,15,16,21). The molecule has 0 unspecified atom stereocenters. The summed E-state index contributed by atoms with van der Waals surface area (Å²) in [7, 11) is 0. The number of carbonyl (C=O) groups excluding carboxylic acids is 1. The van der Waals surface area contributed by atoms with Crippen LogP contribution >= 0.6 is 23.1 Å². The molecule has 2 aromatic heterocycles. The van der Waals surface area contributed by atoms with Gasteiger partial charge in [0.25, 0.3) is 5.91 Å². The molecule has 0 aliphatic heterocycles. The molecule has 3 rings (SSSR count). The Morgan fingerprint density at radius 2 is 2.13 bits per heavy atom.